The first kappa shape index (κ1) is 27.8. The van der Waals surface area contributed by atoms with E-state index in [1.165, 1.54) is 6.07 Å². The summed E-state index contributed by atoms with van der Waals surface area (Å²) in [7, 11) is -3.72. The Morgan fingerprint density at radius 1 is 0.821 bits per heavy atom. The number of aryl methyl sites for hydroxylation is 2. The number of hydrogen-bond acceptors (Lipinski definition) is 6. The fraction of sp³-hybridized carbons (Fsp3) is 0.345. The molecule has 0 saturated carbocycles. The molecular weight excluding hydrogens is 555 g/mol. The first-order valence-electron chi connectivity index (χ1n) is 13.0. The molecule has 1 unspecified atom stereocenters. The molecule has 0 bridgehead atoms. The maximum Gasteiger partial charge on any atom is 0.246 e. The SMILES string of the molecule is Cc1ccc(Cl)cc1N1CCN(C(=O)C2CNCCN2c2ccc(S(=O)(=O)c3cccc(Cl)c3)cc2C)CC1. The van der Waals surface area contributed by atoms with Crippen molar-refractivity contribution in [3.63, 3.8) is 0 Å². The topological polar surface area (TPSA) is 73.0 Å². The van der Waals surface area contributed by atoms with Crippen LogP contribution < -0.4 is 15.1 Å². The predicted molar refractivity (Wildman–Crippen MR) is 157 cm³/mol. The second-order valence-electron chi connectivity index (χ2n) is 10.1. The van der Waals surface area contributed by atoms with E-state index in [-0.39, 0.29) is 21.7 Å². The van der Waals surface area contributed by atoms with Crippen LogP contribution in [0.2, 0.25) is 10.0 Å². The van der Waals surface area contributed by atoms with Gasteiger partial charge >= 0.3 is 0 Å². The third-order valence-electron chi connectivity index (χ3n) is 7.53. The van der Waals surface area contributed by atoms with E-state index < -0.39 is 9.84 Å². The average Bonchev–Trinajstić information content (AvgIpc) is 2.94. The first-order valence-corrected chi connectivity index (χ1v) is 15.3. The summed E-state index contributed by atoms with van der Waals surface area (Å²) >= 11 is 12.3. The Hall–Kier alpha value is -2.78. The van der Waals surface area contributed by atoms with Crippen molar-refractivity contribution < 1.29 is 13.2 Å². The number of carbonyl (C=O) groups excluding carboxylic acids is 1. The van der Waals surface area contributed by atoms with Crippen LogP contribution in [0, 0.1) is 13.8 Å². The fourth-order valence-corrected chi connectivity index (χ4v) is 7.22. The number of piperazine rings is 2. The van der Waals surface area contributed by atoms with Crippen molar-refractivity contribution in [2.75, 3.05) is 55.6 Å². The van der Waals surface area contributed by atoms with Crippen LogP contribution in [0.3, 0.4) is 0 Å². The summed E-state index contributed by atoms with van der Waals surface area (Å²) in [4.78, 5) is 20.4. The molecule has 2 aliphatic rings. The van der Waals surface area contributed by atoms with E-state index in [2.05, 4.69) is 22.0 Å². The lowest BCUT2D eigenvalue weighted by molar-refractivity contribution is -0.133. The van der Waals surface area contributed by atoms with Crippen molar-refractivity contribution in [2.45, 2.75) is 29.7 Å². The molecule has 7 nitrogen and oxygen atoms in total. The molecule has 3 aromatic rings. The van der Waals surface area contributed by atoms with Crippen molar-refractivity contribution in [3.8, 4) is 0 Å². The van der Waals surface area contributed by atoms with E-state index >= 15 is 0 Å². The smallest absolute Gasteiger partial charge is 0.246 e. The number of halogens is 2. The highest BCUT2D eigenvalue weighted by molar-refractivity contribution is 7.91. The number of carbonyl (C=O) groups is 1. The number of nitrogens with one attached hydrogen (secondary N) is 1. The second-order valence-corrected chi connectivity index (χ2v) is 12.9. The Labute approximate surface area is 240 Å². The summed E-state index contributed by atoms with van der Waals surface area (Å²) < 4.78 is 26.4. The van der Waals surface area contributed by atoms with Gasteiger partial charge in [-0.2, -0.15) is 0 Å². The molecule has 1 amide bonds. The van der Waals surface area contributed by atoms with Gasteiger partial charge in [-0.05, 0) is 73.5 Å². The average molecular weight is 588 g/mol. The zero-order valence-corrected chi connectivity index (χ0v) is 24.4. The van der Waals surface area contributed by atoms with Crippen LogP contribution in [0.4, 0.5) is 11.4 Å². The van der Waals surface area contributed by atoms with Gasteiger partial charge in [-0.15, -0.1) is 0 Å². The van der Waals surface area contributed by atoms with Gasteiger partial charge in [0.05, 0.1) is 9.79 Å². The van der Waals surface area contributed by atoms with Crippen molar-refractivity contribution >= 4 is 50.3 Å². The largest absolute Gasteiger partial charge is 0.368 e. The predicted octanol–water partition coefficient (Wildman–Crippen LogP) is 4.57. The van der Waals surface area contributed by atoms with E-state index in [1.807, 2.05) is 36.1 Å². The van der Waals surface area contributed by atoms with Gasteiger partial charge in [-0.3, -0.25) is 4.79 Å². The van der Waals surface area contributed by atoms with Crippen molar-refractivity contribution in [3.05, 3.63) is 81.8 Å². The molecule has 2 fully saturated rings. The Bertz CT molecular complexity index is 1490. The third-order valence-corrected chi connectivity index (χ3v) is 9.75. The molecule has 10 heteroatoms. The molecule has 39 heavy (non-hydrogen) atoms. The van der Waals surface area contributed by atoms with Gasteiger partial charge in [0.1, 0.15) is 6.04 Å². The molecular formula is C29H32Cl2N4O3S. The van der Waals surface area contributed by atoms with Gasteiger partial charge in [0.25, 0.3) is 0 Å². The van der Waals surface area contributed by atoms with Gasteiger partial charge in [0.2, 0.25) is 15.7 Å². The minimum Gasteiger partial charge on any atom is -0.368 e. The molecule has 206 valence electrons. The third kappa shape index (κ3) is 5.75. The van der Waals surface area contributed by atoms with Crippen LogP contribution in [0.5, 0.6) is 0 Å². The highest BCUT2D eigenvalue weighted by Crippen LogP contribution is 2.31. The summed E-state index contributed by atoms with van der Waals surface area (Å²) in [6, 6.07) is 16.9. The van der Waals surface area contributed by atoms with E-state index in [1.54, 1.807) is 30.3 Å². The van der Waals surface area contributed by atoms with Crippen LogP contribution in [-0.2, 0) is 14.6 Å². The van der Waals surface area contributed by atoms with Crippen LogP contribution in [-0.4, -0.2) is 71.1 Å². The molecule has 5 rings (SSSR count). The molecule has 2 heterocycles. The Morgan fingerprint density at radius 2 is 1.54 bits per heavy atom. The molecule has 1 atom stereocenters. The summed E-state index contributed by atoms with van der Waals surface area (Å²) in [6.45, 7) is 8.63. The molecule has 1 N–H and O–H groups in total. The quantitative estimate of drug-likeness (QED) is 0.472. The Balaban J connectivity index is 1.33. The lowest BCUT2D eigenvalue weighted by Gasteiger charge is -2.43. The molecule has 3 aromatic carbocycles. The number of rotatable bonds is 5. The Kier molecular flexibility index (Phi) is 8.10. The monoisotopic (exact) mass is 586 g/mol. The number of anilines is 2. The van der Waals surface area contributed by atoms with Crippen molar-refractivity contribution in [2.24, 2.45) is 0 Å². The molecule has 0 aliphatic carbocycles. The number of amides is 1. The molecule has 2 saturated heterocycles. The minimum atomic E-state index is -3.72. The van der Waals surface area contributed by atoms with E-state index in [4.69, 9.17) is 23.2 Å². The molecule has 0 spiro atoms. The lowest BCUT2D eigenvalue weighted by Crippen LogP contribution is -2.61. The molecule has 0 radical (unpaired) electrons. The summed E-state index contributed by atoms with van der Waals surface area (Å²) in [5.41, 5.74) is 3.95. The normalized spacial score (nSPS) is 18.4. The molecule has 0 aromatic heterocycles. The fourth-order valence-electron chi connectivity index (χ4n) is 5.40. The maximum absolute atomic E-state index is 13.8. The van der Waals surface area contributed by atoms with Gasteiger partial charge in [0, 0.05) is 67.2 Å². The van der Waals surface area contributed by atoms with Crippen LogP contribution in [0.25, 0.3) is 0 Å². The Morgan fingerprint density at radius 3 is 2.26 bits per heavy atom. The lowest BCUT2D eigenvalue weighted by atomic mass is 10.1. The van der Waals surface area contributed by atoms with Gasteiger partial charge in [-0.1, -0.05) is 35.3 Å². The van der Waals surface area contributed by atoms with E-state index in [0.29, 0.717) is 36.2 Å². The number of nitrogens with zero attached hydrogens (tertiary/aromatic N) is 3. The van der Waals surface area contributed by atoms with Crippen LogP contribution >= 0.6 is 23.2 Å². The van der Waals surface area contributed by atoms with Crippen molar-refractivity contribution in [1.82, 2.24) is 10.2 Å². The second kappa shape index (κ2) is 11.4. The van der Waals surface area contributed by atoms with Crippen LogP contribution in [0.15, 0.2) is 70.5 Å². The minimum absolute atomic E-state index is 0.0830. The van der Waals surface area contributed by atoms with Gasteiger partial charge in [-0.25, -0.2) is 8.42 Å². The van der Waals surface area contributed by atoms with E-state index in [0.717, 1.165) is 42.1 Å². The molecule has 2 aliphatic heterocycles. The van der Waals surface area contributed by atoms with Crippen molar-refractivity contribution in [1.29, 1.82) is 0 Å². The first-order chi connectivity index (χ1) is 18.6. The zero-order valence-electron chi connectivity index (χ0n) is 22.0. The number of benzene rings is 3. The number of sulfone groups is 1. The highest BCUT2D eigenvalue weighted by atomic mass is 35.5. The van der Waals surface area contributed by atoms with Gasteiger partial charge < -0.3 is 20.0 Å². The summed E-state index contributed by atoms with van der Waals surface area (Å²) in [5.74, 6) is 0.0830. The van der Waals surface area contributed by atoms with Crippen LogP contribution in [0.1, 0.15) is 11.1 Å². The number of hydrogen-bond donors (Lipinski definition) is 1. The summed E-state index contributed by atoms with van der Waals surface area (Å²) in [5, 5.41) is 4.44. The highest BCUT2D eigenvalue weighted by Gasteiger charge is 2.34. The maximum atomic E-state index is 13.8. The zero-order chi connectivity index (χ0) is 27.7. The van der Waals surface area contributed by atoms with E-state index in [9.17, 15) is 13.2 Å². The summed E-state index contributed by atoms with van der Waals surface area (Å²) in [6.07, 6.45) is 0. The van der Waals surface area contributed by atoms with Gasteiger partial charge in [0.15, 0.2) is 0 Å². The standard InChI is InChI=1S/C29H32Cl2N4O3S/c1-20-6-7-23(31)18-27(20)33-12-14-34(15-13-33)29(36)28-19-32-10-11-35(28)26-9-8-25(16-21(26)2)39(37,38)24-5-3-4-22(30)17-24/h3-9,16-18,28,32H,10-15,19H2,1-2H3.